The number of nitrogens with zero attached hydrogens (tertiary/aromatic N) is 1. The molecule has 2 aromatic rings. The van der Waals surface area contributed by atoms with Gasteiger partial charge in [0.15, 0.2) is 0 Å². The molecule has 0 bridgehead atoms. The molecule has 0 aliphatic rings. The Hall–Kier alpha value is -2.34. The van der Waals surface area contributed by atoms with Gasteiger partial charge in [-0.3, -0.25) is 4.79 Å². The van der Waals surface area contributed by atoms with E-state index in [9.17, 15) is 19.1 Å². The fourth-order valence-electron chi connectivity index (χ4n) is 2.44. The van der Waals surface area contributed by atoms with Gasteiger partial charge >= 0.3 is 5.97 Å². The first-order valence-electron chi connectivity index (χ1n) is 7.00. The van der Waals surface area contributed by atoms with Crippen LogP contribution in [0.4, 0.5) is 10.1 Å². The van der Waals surface area contributed by atoms with Crippen LogP contribution < -0.4 is 5.32 Å². The van der Waals surface area contributed by atoms with E-state index >= 15 is 0 Å². The van der Waals surface area contributed by atoms with Gasteiger partial charge in [0.1, 0.15) is 5.82 Å². The number of nitrogens with one attached hydrogen (secondary N) is 1. The third-order valence-corrected chi connectivity index (χ3v) is 3.75. The summed E-state index contributed by atoms with van der Waals surface area (Å²) in [5.41, 5.74) is 1.53. The van der Waals surface area contributed by atoms with Crippen molar-refractivity contribution in [2.45, 2.75) is 26.8 Å². The second-order valence-corrected chi connectivity index (χ2v) is 5.49. The van der Waals surface area contributed by atoms with Gasteiger partial charge < -0.3 is 15.0 Å². The lowest BCUT2D eigenvalue weighted by molar-refractivity contribution is -0.115. The Bertz CT molecular complexity index is 771. The Kier molecular flexibility index (Phi) is 5.05. The number of aryl methyl sites for hydroxylation is 2. The first-order chi connectivity index (χ1) is 10.8. The van der Waals surface area contributed by atoms with E-state index in [4.69, 9.17) is 11.6 Å². The third kappa shape index (κ3) is 3.71. The smallest absolute Gasteiger partial charge is 0.337 e. The molecule has 7 heteroatoms. The molecule has 0 aliphatic heterocycles. The lowest BCUT2D eigenvalue weighted by Crippen LogP contribution is -2.18. The lowest BCUT2D eigenvalue weighted by Gasteiger charge is -2.09. The highest BCUT2D eigenvalue weighted by molar-refractivity contribution is 6.31. The summed E-state index contributed by atoms with van der Waals surface area (Å²) in [7, 11) is 0. The highest BCUT2D eigenvalue weighted by Gasteiger charge is 2.21. The zero-order valence-electron chi connectivity index (χ0n) is 12.7. The van der Waals surface area contributed by atoms with Crippen molar-refractivity contribution in [1.29, 1.82) is 0 Å². The van der Waals surface area contributed by atoms with E-state index < -0.39 is 17.7 Å². The van der Waals surface area contributed by atoms with E-state index in [-0.39, 0.29) is 17.0 Å². The van der Waals surface area contributed by atoms with Crippen molar-refractivity contribution in [3.05, 3.63) is 52.1 Å². The summed E-state index contributed by atoms with van der Waals surface area (Å²) in [5.74, 6) is -2.04. The Balaban J connectivity index is 2.23. The van der Waals surface area contributed by atoms with Crippen LogP contribution in [0.3, 0.4) is 0 Å². The molecule has 2 rings (SSSR count). The molecule has 1 aromatic carbocycles. The van der Waals surface area contributed by atoms with Gasteiger partial charge in [-0.1, -0.05) is 11.6 Å². The van der Waals surface area contributed by atoms with Crippen LogP contribution in [0, 0.1) is 12.7 Å². The predicted octanol–water partition coefficient (Wildman–Crippen LogP) is 3.49. The number of carbonyl (C=O) groups excluding carboxylic acids is 1. The Morgan fingerprint density at radius 1 is 1.39 bits per heavy atom. The van der Waals surface area contributed by atoms with E-state index in [1.807, 2.05) is 6.92 Å². The average Bonchev–Trinajstić information content (AvgIpc) is 2.78. The SMILES string of the molecule is CCn1cc(C)c(C(=O)O)c1CC(=O)Nc1ccc(F)c(Cl)c1. The molecule has 0 saturated heterocycles. The van der Waals surface area contributed by atoms with Crippen LogP contribution in [-0.2, 0) is 17.8 Å². The minimum absolute atomic E-state index is 0.0956. The van der Waals surface area contributed by atoms with Gasteiger partial charge in [0.05, 0.1) is 17.0 Å². The first-order valence-corrected chi connectivity index (χ1v) is 7.38. The molecule has 122 valence electrons. The number of hydrogen-bond donors (Lipinski definition) is 2. The van der Waals surface area contributed by atoms with Crippen LogP contribution >= 0.6 is 11.6 Å². The van der Waals surface area contributed by atoms with Crippen molar-refractivity contribution in [2.24, 2.45) is 0 Å². The molecule has 0 spiro atoms. The molecule has 0 aliphatic carbocycles. The summed E-state index contributed by atoms with van der Waals surface area (Å²) in [6.45, 7) is 4.11. The van der Waals surface area contributed by atoms with E-state index in [0.29, 0.717) is 23.5 Å². The minimum Gasteiger partial charge on any atom is -0.478 e. The number of hydrogen-bond acceptors (Lipinski definition) is 2. The fourth-order valence-corrected chi connectivity index (χ4v) is 2.62. The second-order valence-electron chi connectivity index (χ2n) is 5.08. The summed E-state index contributed by atoms with van der Waals surface area (Å²) in [6, 6.07) is 3.85. The predicted molar refractivity (Wildman–Crippen MR) is 85.5 cm³/mol. The maximum absolute atomic E-state index is 13.1. The third-order valence-electron chi connectivity index (χ3n) is 3.47. The van der Waals surface area contributed by atoms with Gasteiger partial charge in [-0.05, 0) is 37.6 Å². The van der Waals surface area contributed by atoms with Crippen molar-refractivity contribution >= 4 is 29.2 Å². The van der Waals surface area contributed by atoms with Gasteiger partial charge in [-0.25, -0.2) is 9.18 Å². The Labute approximate surface area is 137 Å². The van der Waals surface area contributed by atoms with Crippen molar-refractivity contribution in [3.8, 4) is 0 Å². The highest BCUT2D eigenvalue weighted by atomic mass is 35.5. The van der Waals surface area contributed by atoms with Crippen LogP contribution in [0.5, 0.6) is 0 Å². The monoisotopic (exact) mass is 338 g/mol. The number of halogens is 2. The van der Waals surface area contributed by atoms with Crippen LogP contribution in [0.2, 0.25) is 5.02 Å². The molecule has 0 atom stereocenters. The number of carbonyl (C=O) groups is 2. The summed E-state index contributed by atoms with van der Waals surface area (Å²) in [5, 5.41) is 11.8. The number of rotatable bonds is 5. The van der Waals surface area contributed by atoms with Gasteiger partial charge in [0.2, 0.25) is 5.91 Å². The maximum Gasteiger partial charge on any atom is 0.337 e. The summed E-state index contributed by atoms with van der Waals surface area (Å²) < 4.78 is 14.8. The second kappa shape index (κ2) is 6.83. The van der Waals surface area contributed by atoms with Crippen LogP contribution in [-0.4, -0.2) is 21.6 Å². The molecule has 1 amide bonds. The zero-order valence-corrected chi connectivity index (χ0v) is 13.4. The molecule has 1 aromatic heterocycles. The van der Waals surface area contributed by atoms with E-state index in [1.165, 1.54) is 12.1 Å². The van der Waals surface area contributed by atoms with Gasteiger partial charge in [0.25, 0.3) is 0 Å². The minimum atomic E-state index is -1.07. The van der Waals surface area contributed by atoms with E-state index in [0.717, 1.165) is 6.07 Å². The molecule has 5 nitrogen and oxygen atoms in total. The van der Waals surface area contributed by atoms with Gasteiger partial charge in [-0.2, -0.15) is 0 Å². The molecule has 2 N–H and O–H groups in total. The van der Waals surface area contributed by atoms with Crippen LogP contribution in [0.15, 0.2) is 24.4 Å². The largest absolute Gasteiger partial charge is 0.478 e. The van der Waals surface area contributed by atoms with Crippen molar-refractivity contribution in [2.75, 3.05) is 5.32 Å². The van der Waals surface area contributed by atoms with E-state index in [2.05, 4.69) is 5.32 Å². The summed E-state index contributed by atoms with van der Waals surface area (Å²) in [4.78, 5) is 23.6. The number of amides is 1. The Morgan fingerprint density at radius 2 is 2.09 bits per heavy atom. The summed E-state index contributed by atoms with van der Waals surface area (Å²) >= 11 is 5.67. The molecule has 0 fully saturated rings. The molecule has 1 heterocycles. The normalized spacial score (nSPS) is 10.6. The first kappa shape index (κ1) is 17.0. The molecular weight excluding hydrogens is 323 g/mol. The number of anilines is 1. The number of aromatic nitrogens is 1. The average molecular weight is 339 g/mol. The molecule has 0 radical (unpaired) electrons. The molecular formula is C16H16ClFN2O3. The van der Waals surface area contributed by atoms with Gasteiger partial charge in [0, 0.05) is 24.1 Å². The molecule has 0 saturated carbocycles. The van der Waals surface area contributed by atoms with E-state index in [1.54, 1.807) is 17.7 Å². The maximum atomic E-state index is 13.1. The van der Waals surface area contributed by atoms with Crippen LogP contribution in [0.25, 0.3) is 0 Å². The molecule has 23 heavy (non-hydrogen) atoms. The highest BCUT2D eigenvalue weighted by Crippen LogP contribution is 2.21. The topological polar surface area (TPSA) is 71.3 Å². The number of carboxylic acid groups (broad SMARTS) is 1. The summed E-state index contributed by atoms with van der Waals surface area (Å²) in [6.07, 6.45) is 1.61. The zero-order chi connectivity index (χ0) is 17.1. The quantitative estimate of drug-likeness (QED) is 0.876. The fraction of sp³-hybridized carbons (Fsp3) is 0.250. The number of aromatic carboxylic acids is 1. The van der Waals surface area contributed by atoms with Crippen molar-refractivity contribution < 1.29 is 19.1 Å². The standard InChI is InChI=1S/C16H16ClFN2O3/c1-3-20-8-9(2)15(16(22)23)13(20)7-14(21)19-10-4-5-12(18)11(17)6-10/h4-6,8H,3,7H2,1-2H3,(H,19,21)(H,22,23). The van der Waals surface area contributed by atoms with Gasteiger partial charge in [-0.15, -0.1) is 0 Å². The Morgan fingerprint density at radius 3 is 2.65 bits per heavy atom. The number of carboxylic acids is 1. The number of benzene rings is 1. The molecule has 0 unspecified atom stereocenters. The lowest BCUT2D eigenvalue weighted by atomic mass is 10.1. The van der Waals surface area contributed by atoms with Crippen molar-refractivity contribution in [1.82, 2.24) is 4.57 Å². The van der Waals surface area contributed by atoms with Crippen LogP contribution in [0.1, 0.15) is 28.5 Å². The van der Waals surface area contributed by atoms with Crippen molar-refractivity contribution in [3.63, 3.8) is 0 Å².